The Morgan fingerprint density at radius 3 is 1.74 bits per heavy atom. The molecule has 6 aliphatic rings. The fourth-order valence-corrected chi connectivity index (χ4v) is 8.74. The summed E-state index contributed by atoms with van der Waals surface area (Å²) in [5.41, 5.74) is 3.05. The molecule has 9 rings (SSSR count). The lowest BCUT2D eigenvalue weighted by molar-refractivity contribution is -0.391. The molecule has 6 nitrogen and oxygen atoms in total. The molecular formula is C37H42O6. The molecule has 0 spiro atoms. The lowest BCUT2D eigenvalue weighted by Gasteiger charge is -2.58. The summed E-state index contributed by atoms with van der Waals surface area (Å²) in [6.07, 6.45) is 4.81. The Kier molecular flexibility index (Phi) is 7.84. The van der Waals surface area contributed by atoms with Gasteiger partial charge in [0.1, 0.15) is 24.4 Å². The van der Waals surface area contributed by atoms with Gasteiger partial charge in [-0.2, -0.15) is 0 Å². The van der Waals surface area contributed by atoms with Crippen LogP contribution in [0.25, 0.3) is 0 Å². The topological polar surface area (TPSA) is 55.4 Å². The summed E-state index contributed by atoms with van der Waals surface area (Å²) in [6, 6.07) is 30.7. The minimum absolute atomic E-state index is 0.145. The van der Waals surface area contributed by atoms with Crippen LogP contribution in [0.2, 0.25) is 0 Å². The Hall–Kier alpha value is -2.58. The molecule has 2 unspecified atom stereocenters. The number of hydrogen-bond donors (Lipinski definition) is 0. The van der Waals surface area contributed by atoms with Crippen LogP contribution in [-0.2, 0) is 41.6 Å². The molecule has 2 aliphatic heterocycles. The molecule has 0 N–H and O–H groups in total. The molecule has 4 aliphatic carbocycles. The van der Waals surface area contributed by atoms with Crippen molar-refractivity contribution >= 4 is 0 Å². The first-order chi connectivity index (χ1) is 21.2. The average Bonchev–Trinajstić information content (AvgIpc) is 3.03. The van der Waals surface area contributed by atoms with Crippen LogP contribution in [0.5, 0.6) is 0 Å². The minimum atomic E-state index is -0.567. The Morgan fingerprint density at radius 1 is 0.628 bits per heavy atom. The summed E-state index contributed by atoms with van der Waals surface area (Å²) in [4.78, 5) is 0. The molecule has 6 fully saturated rings. The van der Waals surface area contributed by atoms with Crippen LogP contribution in [0.4, 0.5) is 0 Å². The zero-order chi connectivity index (χ0) is 28.6. The van der Waals surface area contributed by atoms with E-state index in [0.29, 0.717) is 19.8 Å². The highest BCUT2D eigenvalue weighted by Gasteiger charge is 2.57. The van der Waals surface area contributed by atoms with Crippen LogP contribution in [0.3, 0.4) is 0 Å². The van der Waals surface area contributed by atoms with Gasteiger partial charge in [0.05, 0.1) is 25.4 Å². The second kappa shape index (κ2) is 12.1. The van der Waals surface area contributed by atoms with E-state index in [4.69, 9.17) is 28.4 Å². The first-order valence-corrected chi connectivity index (χ1v) is 16.2. The largest absolute Gasteiger partial charge is 0.368 e. The van der Waals surface area contributed by atoms with Crippen molar-refractivity contribution in [3.63, 3.8) is 0 Å². The summed E-state index contributed by atoms with van der Waals surface area (Å²) in [5.74, 6) is 2.30. The van der Waals surface area contributed by atoms with Gasteiger partial charge in [-0.15, -0.1) is 0 Å². The van der Waals surface area contributed by atoms with Crippen molar-refractivity contribution in [3.05, 3.63) is 108 Å². The van der Waals surface area contributed by atoms with E-state index in [1.165, 1.54) is 19.3 Å². The monoisotopic (exact) mass is 582 g/mol. The van der Waals surface area contributed by atoms with Gasteiger partial charge in [0.2, 0.25) is 0 Å². The molecule has 6 atom stereocenters. The molecule has 6 heteroatoms. The van der Waals surface area contributed by atoms with E-state index < -0.39 is 24.8 Å². The molecule has 0 radical (unpaired) electrons. The summed E-state index contributed by atoms with van der Waals surface area (Å²) >= 11 is 0. The maximum absolute atomic E-state index is 7.20. The smallest absolute Gasteiger partial charge is 0.187 e. The summed E-state index contributed by atoms with van der Waals surface area (Å²) < 4.78 is 40.6. The standard InChI is InChI=1S/C37H42O6/c1-4-10-25(11-5-1)22-38-33-32-31(24-40-35(42-32)30-14-8-3-9-15-30)41-36(34(33)39-23-26-12-6-2-7-13-26)43-37-19-27-16-28(20-37)18-29(17-27)21-37/h1-15,27-29,31-36H,16-24H2/t27?,28?,29?,31-,32-,33+,34+,35?,36?,37?/m1/s1. The van der Waals surface area contributed by atoms with E-state index in [0.717, 1.165) is 53.7 Å². The second-order valence-electron chi connectivity index (χ2n) is 13.5. The Morgan fingerprint density at radius 2 is 1.16 bits per heavy atom. The highest BCUT2D eigenvalue weighted by Crippen LogP contribution is 2.58. The molecule has 226 valence electrons. The third-order valence-electron chi connectivity index (χ3n) is 10.3. The highest BCUT2D eigenvalue weighted by molar-refractivity contribution is 5.18. The van der Waals surface area contributed by atoms with Crippen molar-refractivity contribution in [2.75, 3.05) is 6.61 Å². The summed E-state index contributed by atoms with van der Waals surface area (Å²) in [6.45, 7) is 1.29. The number of hydrogen-bond acceptors (Lipinski definition) is 6. The van der Waals surface area contributed by atoms with Crippen LogP contribution in [-0.4, -0.2) is 42.9 Å². The maximum Gasteiger partial charge on any atom is 0.187 e. The van der Waals surface area contributed by atoms with Gasteiger partial charge in [0.25, 0.3) is 0 Å². The van der Waals surface area contributed by atoms with Crippen molar-refractivity contribution in [2.24, 2.45) is 17.8 Å². The molecule has 43 heavy (non-hydrogen) atoms. The fourth-order valence-electron chi connectivity index (χ4n) is 8.74. The molecular weight excluding hydrogens is 540 g/mol. The highest BCUT2D eigenvalue weighted by atomic mass is 16.8. The van der Waals surface area contributed by atoms with E-state index in [2.05, 4.69) is 24.3 Å². The zero-order valence-electron chi connectivity index (χ0n) is 24.7. The van der Waals surface area contributed by atoms with Crippen molar-refractivity contribution in [3.8, 4) is 0 Å². The van der Waals surface area contributed by atoms with Crippen molar-refractivity contribution < 1.29 is 28.4 Å². The molecule has 3 aromatic rings. The van der Waals surface area contributed by atoms with Gasteiger partial charge in [-0.05, 0) is 67.4 Å². The third-order valence-corrected chi connectivity index (χ3v) is 10.3. The predicted octanol–water partition coefficient (Wildman–Crippen LogP) is 6.98. The molecule has 4 saturated carbocycles. The Bertz CT molecular complexity index is 1300. The number of benzene rings is 3. The van der Waals surface area contributed by atoms with E-state index >= 15 is 0 Å². The van der Waals surface area contributed by atoms with Crippen LogP contribution in [0.1, 0.15) is 61.5 Å². The second-order valence-corrected chi connectivity index (χ2v) is 13.5. The SMILES string of the molecule is c1ccc(CO[C@H]2[C@@H]3OC(c4ccccc4)OC[C@H]3OC(OC34CC5CC(CC(C5)C3)C4)[C@H]2OCc2ccccc2)cc1. The van der Waals surface area contributed by atoms with Gasteiger partial charge in [-0.3, -0.25) is 0 Å². The van der Waals surface area contributed by atoms with Crippen LogP contribution >= 0.6 is 0 Å². The third kappa shape index (κ3) is 5.94. The quantitative estimate of drug-likeness (QED) is 0.271. The number of rotatable bonds is 9. The number of fused-ring (bicyclic) bond motifs is 1. The van der Waals surface area contributed by atoms with Gasteiger partial charge in [-0.1, -0.05) is 91.0 Å². The van der Waals surface area contributed by atoms with Crippen LogP contribution < -0.4 is 0 Å². The fraction of sp³-hybridized carbons (Fsp3) is 0.514. The van der Waals surface area contributed by atoms with Gasteiger partial charge in [0.15, 0.2) is 12.6 Å². The molecule has 3 aromatic carbocycles. The lowest BCUT2D eigenvalue weighted by Crippen LogP contribution is -2.65. The molecule has 0 amide bonds. The molecule has 0 aromatic heterocycles. The van der Waals surface area contributed by atoms with Gasteiger partial charge < -0.3 is 28.4 Å². The van der Waals surface area contributed by atoms with Crippen molar-refractivity contribution in [2.45, 2.75) is 94.3 Å². The van der Waals surface area contributed by atoms with E-state index in [-0.39, 0.29) is 17.8 Å². The Labute approximate surface area is 254 Å². The van der Waals surface area contributed by atoms with Gasteiger partial charge >= 0.3 is 0 Å². The average molecular weight is 583 g/mol. The first-order valence-electron chi connectivity index (χ1n) is 16.2. The lowest BCUT2D eigenvalue weighted by atomic mass is 9.54. The summed E-state index contributed by atoms with van der Waals surface area (Å²) in [7, 11) is 0. The minimum Gasteiger partial charge on any atom is -0.368 e. The normalized spacial score (nSPS) is 38.1. The predicted molar refractivity (Wildman–Crippen MR) is 161 cm³/mol. The summed E-state index contributed by atoms with van der Waals surface area (Å²) in [5, 5.41) is 0. The zero-order valence-corrected chi connectivity index (χ0v) is 24.7. The van der Waals surface area contributed by atoms with E-state index in [1.807, 2.05) is 66.7 Å². The first kappa shape index (κ1) is 27.9. The van der Waals surface area contributed by atoms with E-state index in [9.17, 15) is 0 Å². The van der Waals surface area contributed by atoms with Crippen molar-refractivity contribution in [1.29, 1.82) is 0 Å². The maximum atomic E-state index is 7.20. The van der Waals surface area contributed by atoms with Crippen molar-refractivity contribution in [1.82, 2.24) is 0 Å². The number of ether oxygens (including phenoxy) is 6. The van der Waals surface area contributed by atoms with Crippen LogP contribution in [0.15, 0.2) is 91.0 Å². The van der Waals surface area contributed by atoms with E-state index in [1.54, 1.807) is 0 Å². The Balaban J connectivity index is 1.10. The van der Waals surface area contributed by atoms with Gasteiger partial charge in [0, 0.05) is 5.56 Å². The molecule has 2 saturated heterocycles. The molecule has 4 bridgehead atoms. The molecule has 2 heterocycles. The van der Waals surface area contributed by atoms with Crippen LogP contribution in [0, 0.1) is 17.8 Å². The van der Waals surface area contributed by atoms with Gasteiger partial charge in [-0.25, -0.2) is 0 Å².